The minimum absolute atomic E-state index is 0.205. The van der Waals surface area contributed by atoms with Crippen LogP contribution < -0.4 is 4.72 Å². The molecule has 8 nitrogen and oxygen atoms in total. The van der Waals surface area contributed by atoms with Crippen LogP contribution in [0.4, 0.5) is 0 Å². The lowest BCUT2D eigenvalue weighted by atomic mass is 10.1. The Morgan fingerprint density at radius 1 is 1.12 bits per heavy atom. The van der Waals surface area contributed by atoms with Crippen molar-refractivity contribution in [3.05, 3.63) is 35.4 Å². The number of fused-ring (bicyclic) bond motifs is 1. The van der Waals surface area contributed by atoms with Crippen LogP contribution >= 0.6 is 0 Å². The summed E-state index contributed by atoms with van der Waals surface area (Å²) in [5.41, 5.74) is 0.626. The number of benzene rings is 1. The zero-order chi connectivity index (χ0) is 19.1. The van der Waals surface area contributed by atoms with Crippen molar-refractivity contribution >= 4 is 27.7 Å². The normalized spacial score (nSPS) is 19.6. The fourth-order valence-electron chi connectivity index (χ4n) is 3.45. The average molecular weight is 379 g/mol. The molecule has 1 unspecified atom stereocenters. The van der Waals surface area contributed by atoms with E-state index in [1.807, 2.05) is 0 Å². The van der Waals surface area contributed by atoms with E-state index in [1.165, 1.54) is 0 Å². The third-order valence-corrected chi connectivity index (χ3v) is 5.52. The zero-order valence-electron chi connectivity index (χ0n) is 14.6. The maximum Gasteiger partial charge on any atom is 0.262 e. The SMILES string of the molecule is CC(C(=O)N1CCC(NS(C)(=O)=O)CC1)N1C(=O)c2ccccc2C1=O. The predicted molar refractivity (Wildman–Crippen MR) is 94.0 cm³/mol. The molecule has 1 N–H and O–H groups in total. The Bertz CT molecular complexity index is 824. The summed E-state index contributed by atoms with van der Waals surface area (Å²) in [7, 11) is -3.29. The van der Waals surface area contributed by atoms with Gasteiger partial charge in [0.1, 0.15) is 6.04 Å². The molecule has 3 rings (SSSR count). The molecule has 26 heavy (non-hydrogen) atoms. The van der Waals surface area contributed by atoms with Gasteiger partial charge in [-0.25, -0.2) is 13.1 Å². The van der Waals surface area contributed by atoms with Gasteiger partial charge in [-0.15, -0.1) is 0 Å². The molecule has 3 amide bonds. The van der Waals surface area contributed by atoms with Gasteiger partial charge in [0, 0.05) is 19.1 Å². The maximum atomic E-state index is 12.8. The van der Waals surface area contributed by atoms with E-state index in [0.717, 1.165) is 11.2 Å². The van der Waals surface area contributed by atoms with Crippen LogP contribution in [0.25, 0.3) is 0 Å². The second-order valence-electron chi connectivity index (χ2n) is 6.69. The molecule has 2 aliphatic rings. The zero-order valence-corrected chi connectivity index (χ0v) is 15.5. The van der Waals surface area contributed by atoms with Crippen molar-refractivity contribution in [3.8, 4) is 0 Å². The van der Waals surface area contributed by atoms with Crippen LogP contribution in [-0.4, -0.2) is 67.4 Å². The summed E-state index contributed by atoms with van der Waals surface area (Å²) in [4.78, 5) is 40.4. The van der Waals surface area contributed by atoms with Gasteiger partial charge in [-0.05, 0) is 31.9 Å². The van der Waals surface area contributed by atoms with Gasteiger partial charge in [-0.2, -0.15) is 0 Å². The van der Waals surface area contributed by atoms with Crippen molar-refractivity contribution in [1.82, 2.24) is 14.5 Å². The molecule has 0 bridgehead atoms. The second kappa shape index (κ2) is 6.81. The Labute approximate surface area is 152 Å². The van der Waals surface area contributed by atoms with Crippen molar-refractivity contribution in [3.63, 3.8) is 0 Å². The second-order valence-corrected chi connectivity index (χ2v) is 8.47. The van der Waals surface area contributed by atoms with Gasteiger partial charge < -0.3 is 4.90 Å². The largest absolute Gasteiger partial charge is 0.341 e. The summed E-state index contributed by atoms with van der Waals surface area (Å²) in [6.45, 7) is 2.30. The lowest BCUT2D eigenvalue weighted by molar-refractivity contribution is -0.136. The fourth-order valence-corrected chi connectivity index (χ4v) is 4.30. The van der Waals surface area contributed by atoms with Crippen molar-refractivity contribution in [2.75, 3.05) is 19.3 Å². The number of amides is 3. The number of nitrogens with zero attached hydrogens (tertiary/aromatic N) is 2. The summed E-state index contributed by atoms with van der Waals surface area (Å²) in [6.07, 6.45) is 2.09. The topological polar surface area (TPSA) is 104 Å². The van der Waals surface area contributed by atoms with E-state index in [0.29, 0.717) is 37.1 Å². The molecule has 9 heteroatoms. The molecule has 0 spiro atoms. The van der Waals surface area contributed by atoms with E-state index in [1.54, 1.807) is 36.1 Å². The van der Waals surface area contributed by atoms with Gasteiger partial charge in [0.25, 0.3) is 11.8 Å². The Morgan fingerprint density at radius 3 is 2.08 bits per heavy atom. The monoisotopic (exact) mass is 379 g/mol. The molecule has 2 heterocycles. The lowest BCUT2D eigenvalue weighted by Gasteiger charge is -2.35. The molecule has 1 aromatic rings. The first-order valence-corrected chi connectivity index (χ1v) is 10.3. The standard InChI is InChI=1S/C17H21N3O5S/c1-11(20-16(22)13-5-3-4-6-14(13)17(20)23)15(21)19-9-7-12(8-10-19)18-26(2,24)25/h3-6,11-12,18H,7-10H2,1-2H3. The summed E-state index contributed by atoms with van der Waals surface area (Å²) < 4.78 is 25.2. The number of carbonyl (C=O) groups excluding carboxylic acids is 3. The number of piperidine rings is 1. The number of likely N-dealkylation sites (tertiary alicyclic amines) is 1. The molecule has 0 saturated carbocycles. The number of carbonyl (C=O) groups is 3. The van der Waals surface area contributed by atoms with Crippen molar-refractivity contribution in [2.24, 2.45) is 0 Å². The highest BCUT2D eigenvalue weighted by Gasteiger charge is 2.42. The van der Waals surface area contributed by atoms with E-state index in [2.05, 4.69) is 4.72 Å². The first-order chi connectivity index (χ1) is 12.2. The molecule has 1 aromatic carbocycles. The molecule has 140 valence electrons. The number of nitrogens with one attached hydrogen (secondary N) is 1. The van der Waals surface area contributed by atoms with Crippen LogP contribution in [0.15, 0.2) is 24.3 Å². The van der Waals surface area contributed by atoms with Gasteiger partial charge in [-0.3, -0.25) is 19.3 Å². The van der Waals surface area contributed by atoms with E-state index in [-0.39, 0.29) is 11.9 Å². The number of hydrogen-bond acceptors (Lipinski definition) is 5. The van der Waals surface area contributed by atoms with Gasteiger partial charge in [0.05, 0.1) is 17.4 Å². The Balaban J connectivity index is 1.66. The van der Waals surface area contributed by atoms with Crippen molar-refractivity contribution in [2.45, 2.75) is 31.8 Å². The third kappa shape index (κ3) is 3.49. The molecule has 1 fully saturated rings. The van der Waals surface area contributed by atoms with Crippen LogP contribution in [0.2, 0.25) is 0 Å². The quantitative estimate of drug-likeness (QED) is 0.753. The minimum Gasteiger partial charge on any atom is -0.341 e. The smallest absolute Gasteiger partial charge is 0.262 e. The lowest BCUT2D eigenvalue weighted by Crippen LogP contribution is -2.53. The Kier molecular flexibility index (Phi) is 4.85. The van der Waals surface area contributed by atoms with Gasteiger partial charge in [0.2, 0.25) is 15.9 Å². The van der Waals surface area contributed by atoms with E-state index in [4.69, 9.17) is 0 Å². The molecular weight excluding hydrogens is 358 g/mol. The van der Waals surface area contributed by atoms with Crippen molar-refractivity contribution < 1.29 is 22.8 Å². The van der Waals surface area contributed by atoms with E-state index < -0.39 is 27.9 Å². The Hall–Kier alpha value is -2.26. The highest BCUT2D eigenvalue weighted by Crippen LogP contribution is 2.25. The molecule has 0 aromatic heterocycles. The van der Waals surface area contributed by atoms with E-state index >= 15 is 0 Å². The minimum atomic E-state index is -3.29. The Morgan fingerprint density at radius 2 is 1.62 bits per heavy atom. The average Bonchev–Trinajstić information content (AvgIpc) is 2.84. The van der Waals surface area contributed by atoms with Gasteiger partial charge in [0.15, 0.2) is 0 Å². The molecular formula is C17H21N3O5S. The summed E-state index contributed by atoms with van der Waals surface area (Å²) in [5, 5.41) is 0. The summed E-state index contributed by atoms with van der Waals surface area (Å²) in [6, 6.07) is 5.41. The first kappa shape index (κ1) is 18.5. The molecule has 2 aliphatic heterocycles. The number of hydrogen-bond donors (Lipinski definition) is 1. The van der Waals surface area contributed by atoms with E-state index in [9.17, 15) is 22.8 Å². The van der Waals surface area contributed by atoms with Gasteiger partial charge >= 0.3 is 0 Å². The highest BCUT2D eigenvalue weighted by atomic mass is 32.2. The summed E-state index contributed by atoms with van der Waals surface area (Å²) >= 11 is 0. The van der Waals surface area contributed by atoms with Crippen LogP contribution in [0.3, 0.4) is 0 Å². The summed E-state index contributed by atoms with van der Waals surface area (Å²) in [5.74, 6) is -1.22. The predicted octanol–water partition coefficient (Wildman–Crippen LogP) is 0.211. The van der Waals surface area contributed by atoms with Gasteiger partial charge in [-0.1, -0.05) is 12.1 Å². The number of imide groups is 1. The van der Waals surface area contributed by atoms with Crippen LogP contribution in [0.1, 0.15) is 40.5 Å². The molecule has 1 atom stereocenters. The maximum absolute atomic E-state index is 12.8. The molecule has 1 saturated heterocycles. The van der Waals surface area contributed by atoms with Crippen molar-refractivity contribution in [1.29, 1.82) is 0 Å². The third-order valence-electron chi connectivity index (χ3n) is 4.76. The van der Waals surface area contributed by atoms with Crippen LogP contribution in [0, 0.1) is 0 Å². The fraction of sp³-hybridized carbons (Fsp3) is 0.471. The number of sulfonamides is 1. The number of rotatable bonds is 4. The molecule has 0 radical (unpaired) electrons. The first-order valence-electron chi connectivity index (χ1n) is 8.42. The van der Waals surface area contributed by atoms with Crippen LogP contribution in [0.5, 0.6) is 0 Å². The van der Waals surface area contributed by atoms with Crippen LogP contribution in [-0.2, 0) is 14.8 Å². The molecule has 0 aliphatic carbocycles. The highest BCUT2D eigenvalue weighted by molar-refractivity contribution is 7.88.